The molecule has 0 aromatic rings. The molecule has 1 atom stereocenters. The van der Waals surface area contributed by atoms with Crippen molar-refractivity contribution in [2.75, 3.05) is 13.2 Å². The second-order valence-electron chi connectivity index (χ2n) is 6.25. The van der Waals surface area contributed by atoms with Crippen molar-refractivity contribution in [3.05, 3.63) is 0 Å². The summed E-state index contributed by atoms with van der Waals surface area (Å²) < 4.78 is 5.99. The molecule has 0 bridgehead atoms. The smallest absolute Gasteiger partial charge is 0.249 e. The number of carbonyl (C=O) groups is 1. The third-order valence-electron chi connectivity index (χ3n) is 4.67. The lowest BCUT2D eigenvalue weighted by Gasteiger charge is -2.22. The minimum Gasteiger partial charge on any atom is -0.368 e. The van der Waals surface area contributed by atoms with Gasteiger partial charge in [0, 0.05) is 6.54 Å². The zero-order valence-electron chi connectivity index (χ0n) is 12.3. The third kappa shape index (κ3) is 4.79. The van der Waals surface area contributed by atoms with Gasteiger partial charge < -0.3 is 10.1 Å². The highest BCUT2D eigenvalue weighted by Gasteiger charge is 2.27. The van der Waals surface area contributed by atoms with Gasteiger partial charge in [-0.2, -0.15) is 0 Å². The van der Waals surface area contributed by atoms with E-state index in [1.807, 2.05) is 6.92 Å². The van der Waals surface area contributed by atoms with Crippen LogP contribution < -0.4 is 5.32 Å². The molecule has 2 fully saturated rings. The van der Waals surface area contributed by atoms with Gasteiger partial charge in [0.25, 0.3) is 0 Å². The number of hydrogen-bond acceptors (Lipinski definition) is 2. The summed E-state index contributed by atoms with van der Waals surface area (Å²) in [5.41, 5.74) is 0. The SMILES string of the molecule is CCNC(=O)C(CC1CCCC1)OCC1CCCC1. The van der Waals surface area contributed by atoms with Crippen LogP contribution in [0, 0.1) is 11.8 Å². The fourth-order valence-electron chi connectivity index (χ4n) is 3.52. The van der Waals surface area contributed by atoms with Crippen LogP contribution in [-0.4, -0.2) is 25.2 Å². The molecule has 2 rings (SSSR count). The highest BCUT2D eigenvalue weighted by molar-refractivity contribution is 5.80. The van der Waals surface area contributed by atoms with E-state index in [1.165, 1.54) is 51.4 Å². The molecule has 2 saturated carbocycles. The predicted octanol–water partition coefficient (Wildman–Crippen LogP) is 3.28. The van der Waals surface area contributed by atoms with Crippen LogP contribution in [0.2, 0.25) is 0 Å². The van der Waals surface area contributed by atoms with Gasteiger partial charge in [-0.3, -0.25) is 4.79 Å². The maximum Gasteiger partial charge on any atom is 0.249 e. The van der Waals surface area contributed by atoms with E-state index < -0.39 is 0 Å². The highest BCUT2D eigenvalue weighted by atomic mass is 16.5. The summed E-state index contributed by atoms with van der Waals surface area (Å²) in [6.07, 6.45) is 11.2. The number of ether oxygens (including phenoxy) is 1. The van der Waals surface area contributed by atoms with Gasteiger partial charge in [0.1, 0.15) is 6.10 Å². The Morgan fingerprint density at radius 2 is 1.68 bits per heavy atom. The number of nitrogens with one attached hydrogen (secondary N) is 1. The van der Waals surface area contributed by atoms with Crippen molar-refractivity contribution >= 4 is 5.91 Å². The van der Waals surface area contributed by atoms with E-state index >= 15 is 0 Å². The molecular weight excluding hydrogens is 238 g/mol. The lowest BCUT2D eigenvalue weighted by atomic mass is 9.99. The average molecular weight is 267 g/mol. The van der Waals surface area contributed by atoms with Crippen LogP contribution in [0.15, 0.2) is 0 Å². The summed E-state index contributed by atoms with van der Waals surface area (Å²) in [6.45, 7) is 3.46. The monoisotopic (exact) mass is 267 g/mol. The lowest BCUT2D eigenvalue weighted by molar-refractivity contribution is -0.134. The molecule has 2 aliphatic carbocycles. The van der Waals surface area contributed by atoms with E-state index in [2.05, 4.69) is 5.32 Å². The van der Waals surface area contributed by atoms with Crippen LogP contribution in [0.5, 0.6) is 0 Å². The number of likely N-dealkylation sites (N-methyl/N-ethyl adjacent to an activating group) is 1. The maximum absolute atomic E-state index is 12.1. The number of hydrogen-bond donors (Lipinski definition) is 1. The molecule has 1 unspecified atom stereocenters. The second-order valence-corrected chi connectivity index (χ2v) is 6.25. The van der Waals surface area contributed by atoms with E-state index in [4.69, 9.17) is 4.74 Å². The van der Waals surface area contributed by atoms with Crippen LogP contribution in [0.4, 0.5) is 0 Å². The van der Waals surface area contributed by atoms with E-state index in [-0.39, 0.29) is 12.0 Å². The van der Waals surface area contributed by atoms with Gasteiger partial charge >= 0.3 is 0 Å². The van der Waals surface area contributed by atoms with E-state index in [1.54, 1.807) is 0 Å². The Kier molecular flexibility index (Phi) is 6.15. The van der Waals surface area contributed by atoms with Crippen molar-refractivity contribution in [3.8, 4) is 0 Å². The maximum atomic E-state index is 12.1. The van der Waals surface area contributed by atoms with Crippen LogP contribution in [0.3, 0.4) is 0 Å². The van der Waals surface area contributed by atoms with Gasteiger partial charge in [0.15, 0.2) is 0 Å². The van der Waals surface area contributed by atoms with Gasteiger partial charge in [0.2, 0.25) is 5.91 Å². The fourth-order valence-corrected chi connectivity index (χ4v) is 3.52. The Hall–Kier alpha value is -0.570. The molecule has 3 nitrogen and oxygen atoms in total. The molecule has 1 amide bonds. The van der Waals surface area contributed by atoms with E-state index in [0.717, 1.165) is 13.0 Å². The second kappa shape index (κ2) is 7.88. The molecule has 1 N–H and O–H groups in total. The van der Waals surface area contributed by atoms with Gasteiger partial charge in [0.05, 0.1) is 6.61 Å². The van der Waals surface area contributed by atoms with Crippen molar-refractivity contribution in [1.82, 2.24) is 5.32 Å². The summed E-state index contributed by atoms with van der Waals surface area (Å²) in [6, 6.07) is 0. The van der Waals surface area contributed by atoms with Crippen molar-refractivity contribution < 1.29 is 9.53 Å². The molecule has 19 heavy (non-hydrogen) atoms. The van der Waals surface area contributed by atoms with Crippen LogP contribution in [0.1, 0.15) is 64.7 Å². The topological polar surface area (TPSA) is 38.3 Å². The summed E-state index contributed by atoms with van der Waals surface area (Å²) >= 11 is 0. The number of rotatable bonds is 7. The van der Waals surface area contributed by atoms with Crippen molar-refractivity contribution in [3.63, 3.8) is 0 Å². The quantitative estimate of drug-likeness (QED) is 0.768. The molecule has 0 aromatic carbocycles. The molecule has 0 aliphatic heterocycles. The Morgan fingerprint density at radius 3 is 2.26 bits per heavy atom. The Balaban J connectivity index is 1.79. The first-order valence-corrected chi connectivity index (χ1v) is 8.19. The minimum absolute atomic E-state index is 0.104. The summed E-state index contributed by atoms with van der Waals surface area (Å²) in [5, 5.41) is 2.93. The molecule has 0 radical (unpaired) electrons. The first-order chi connectivity index (χ1) is 9.29. The van der Waals surface area contributed by atoms with Crippen LogP contribution >= 0.6 is 0 Å². The standard InChI is InChI=1S/C16H29NO2/c1-2-17-16(18)15(11-13-7-3-4-8-13)19-12-14-9-5-6-10-14/h13-15H,2-12H2,1H3,(H,17,18). The highest BCUT2D eigenvalue weighted by Crippen LogP contribution is 2.30. The van der Waals surface area contributed by atoms with Crippen LogP contribution in [-0.2, 0) is 9.53 Å². The molecule has 3 heteroatoms. The van der Waals surface area contributed by atoms with Gasteiger partial charge in [-0.1, -0.05) is 38.5 Å². The number of carbonyl (C=O) groups excluding carboxylic acids is 1. The Bertz CT molecular complexity index is 268. The molecule has 0 spiro atoms. The lowest BCUT2D eigenvalue weighted by Crippen LogP contribution is -2.38. The molecule has 0 saturated heterocycles. The molecule has 110 valence electrons. The van der Waals surface area contributed by atoms with E-state index in [9.17, 15) is 4.79 Å². The predicted molar refractivity (Wildman–Crippen MR) is 77.0 cm³/mol. The Morgan fingerprint density at radius 1 is 1.11 bits per heavy atom. The average Bonchev–Trinajstić information content (AvgIpc) is 3.08. The molecule has 0 aromatic heterocycles. The first kappa shape index (κ1) is 14.8. The third-order valence-corrected chi connectivity index (χ3v) is 4.67. The first-order valence-electron chi connectivity index (χ1n) is 8.19. The minimum atomic E-state index is -0.205. The van der Waals surface area contributed by atoms with Gasteiger partial charge in [-0.25, -0.2) is 0 Å². The van der Waals surface area contributed by atoms with Gasteiger partial charge in [-0.15, -0.1) is 0 Å². The summed E-state index contributed by atoms with van der Waals surface area (Å²) in [7, 11) is 0. The molecule has 0 heterocycles. The molecule has 2 aliphatic rings. The largest absolute Gasteiger partial charge is 0.368 e. The van der Waals surface area contributed by atoms with E-state index in [0.29, 0.717) is 18.4 Å². The van der Waals surface area contributed by atoms with Gasteiger partial charge in [-0.05, 0) is 38.0 Å². The molecular formula is C16H29NO2. The Labute approximate surface area is 117 Å². The fraction of sp³-hybridized carbons (Fsp3) is 0.938. The zero-order chi connectivity index (χ0) is 13.5. The number of amides is 1. The zero-order valence-corrected chi connectivity index (χ0v) is 12.3. The summed E-state index contributed by atoms with van der Waals surface area (Å²) in [5.74, 6) is 1.50. The van der Waals surface area contributed by atoms with Crippen molar-refractivity contribution in [1.29, 1.82) is 0 Å². The van der Waals surface area contributed by atoms with Crippen molar-refractivity contribution in [2.45, 2.75) is 70.8 Å². The van der Waals surface area contributed by atoms with Crippen LogP contribution in [0.25, 0.3) is 0 Å². The normalized spacial score (nSPS) is 22.8. The summed E-state index contributed by atoms with van der Waals surface area (Å²) in [4.78, 5) is 12.1. The van der Waals surface area contributed by atoms with Crippen molar-refractivity contribution in [2.24, 2.45) is 11.8 Å².